The highest BCUT2D eigenvalue weighted by Crippen LogP contribution is 2.38. The standard InChI is InChI=1S/C15H15BrN2.ClH/c1-10-2-4-15(13(17)8-10)18-7-6-11-9-12(16)3-5-14(11)18;/h2-5,8-9H,6-7,17H2,1H3;1H. The fourth-order valence-electron chi connectivity index (χ4n) is 2.54. The summed E-state index contributed by atoms with van der Waals surface area (Å²) in [5.41, 5.74) is 12.0. The van der Waals surface area contributed by atoms with Crippen LogP contribution in [-0.2, 0) is 6.42 Å². The second kappa shape index (κ2) is 5.43. The van der Waals surface area contributed by atoms with Crippen LogP contribution in [0.15, 0.2) is 40.9 Å². The topological polar surface area (TPSA) is 29.3 Å². The number of nitrogens with zero attached hydrogens (tertiary/aromatic N) is 1. The maximum Gasteiger partial charge on any atom is 0.0644 e. The third kappa shape index (κ3) is 2.58. The van der Waals surface area contributed by atoms with Crippen molar-refractivity contribution < 1.29 is 0 Å². The van der Waals surface area contributed by atoms with E-state index in [2.05, 4.69) is 58.1 Å². The minimum absolute atomic E-state index is 0. The van der Waals surface area contributed by atoms with Crippen molar-refractivity contribution in [1.82, 2.24) is 0 Å². The van der Waals surface area contributed by atoms with E-state index in [4.69, 9.17) is 5.73 Å². The van der Waals surface area contributed by atoms with Gasteiger partial charge in [-0.25, -0.2) is 0 Å². The van der Waals surface area contributed by atoms with E-state index in [1.54, 1.807) is 0 Å². The second-order valence-electron chi connectivity index (χ2n) is 4.74. The number of aryl methyl sites for hydroxylation is 1. The van der Waals surface area contributed by atoms with Gasteiger partial charge in [-0.2, -0.15) is 0 Å². The quantitative estimate of drug-likeness (QED) is 0.777. The third-order valence-corrected chi connectivity index (χ3v) is 3.90. The predicted octanol–water partition coefficient (Wildman–Crippen LogP) is 4.46. The van der Waals surface area contributed by atoms with Crippen molar-refractivity contribution >= 4 is 45.4 Å². The van der Waals surface area contributed by atoms with E-state index in [1.807, 2.05) is 6.07 Å². The van der Waals surface area contributed by atoms with Crippen LogP contribution in [0.4, 0.5) is 17.1 Å². The first-order chi connectivity index (χ1) is 8.65. The Morgan fingerprint density at radius 2 is 1.84 bits per heavy atom. The zero-order valence-corrected chi connectivity index (χ0v) is 13.1. The summed E-state index contributed by atoms with van der Waals surface area (Å²) in [4.78, 5) is 2.30. The number of nitrogens with two attached hydrogens (primary N) is 1. The van der Waals surface area contributed by atoms with E-state index in [9.17, 15) is 0 Å². The van der Waals surface area contributed by atoms with Crippen LogP contribution < -0.4 is 10.6 Å². The Morgan fingerprint density at radius 3 is 2.58 bits per heavy atom. The molecule has 1 aliphatic rings. The van der Waals surface area contributed by atoms with Gasteiger partial charge in [-0.05, 0) is 54.8 Å². The molecule has 2 aromatic rings. The van der Waals surface area contributed by atoms with Crippen LogP contribution in [0.3, 0.4) is 0 Å². The van der Waals surface area contributed by atoms with Crippen LogP contribution in [0.25, 0.3) is 0 Å². The first-order valence-corrected chi connectivity index (χ1v) is 6.86. The van der Waals surface area contributed by atoms with E-state index in [0.717, 1.165) is 28.8 Å². The summed E-state index contributed by atoms with van der Waals surface area (Å²) in [5, 5.41) is 0. The summed E-state index contributed by atoms with van der Waals surface area (Å²) in [6.07, 6.45) is 1.07. The Kier molecular flexibility index (Phi) is 4.07. The zero-order valence-electron chi connectivity index (χ0n) is 10.7. The largest absolute Gasteiger partial charge is 0.397 e. The van der Waals surface area contributed by atoms with Gasteiger partial charge in [0.2, 0.25) is 0 Å². The highest BCUT2D eigenvalue weighted by atomic mass is 79.9. The number of halogens is 2. The van der Waals surface area contributed by atoms with Crippen molar-refractivity contribution in [2.75, 3.05) is 17.2 Å². The van der Waals surface area contributed by atoms with Gasteiger partial charge in [0.25, 0.3) is 0 Å². The Morgan fingerprint density at radius 1 is 1.11 bits per heavy atom. The Hall–Kier alpha value is -1.19. The van der Waals surface area contributed by atoms with E-state index in [-0.39, 0.29) is 12.4 Å². The molecule has 2 aromatic carbocycles. The van der Waals surface area contributed by atoms with Crippen LogP contribution in [0.2, 0.25) is 0 Å². The maximum absolute atomic E-state index is 6.14. The minimum Gasteiger partial charge on any atom is -0.397 e. The number of anilines is 3. The fraction of sp³-hybridized carbons (Fsp3) is 0.200. The number of nitrogen functional groups attached to an aromatic ring is 1. The average molecular weight is 340 g/mol. The lowest BCUT2D eigenvalue weighted by Crippen LogP contribution is -2.14. The Balaban J connectivity index is 0.00000133. The normalized spacial score (nSPS) is 13.1. The molecule has 19 heavy (non-hydrogen) atoms. The Labute approximate surface area is 128 Å². The number of fused-ring (bicyclic) bond motifs is 1. The first-order valence-electron chi connectivity index (χ1n) is 6.07. The molecule has 1 heterocycles. The van der Waals surface area contributed by atoms with Gasteiger partial charge < -0.3 is 10.6 Å². The summed E-state index contributed by atoms with van der Waals surface area (Å²) in [5.74, 6) is 0. The van der Waals surface area contributed by atoms with Gasteiger partial charge in [-0.15, -0.1) is 12.4 Å². The molecule has 100 valence electrons. The van der Waals surface area contributed by atoms with Crippen molar-refractivity contribution in [2.24, 2.45) is 0 Å². The van der Waals surface area contributed by atoms with Gasteiger partial charge in [-0.3, -0.25) is 0 Å². The lowest BCUT2D eigenvalue weighted by Gasteiger charge is -2.21. The van der Waals surface area contributed by atoms with E-state index in [0.29, 0.717) is 0 Å². The molecular formula is C15H16BrClN2. The van der Waals surface area contributed by atoms with Crippen molar-refractivity contribution in [3.63, 3.8) is 0 Å². The van der Waals surface area contributed by atoms with Crippen molar-refractivity contribution in [3.05, 3.63) is 52.0 Å². The SMILES string of the molecule is Cc1ccc(N2CCc3cc(Br)ccc32)c(N)c1.Cl. The molecular weight excluding hydrogens is 324 g/mol. The van der Waals surface area contributed by atoms with Crippen LogP contribution in [-0.4, -0.2) is 6.54 Å². The molecule has 0 saturated carbocycles. The number of benzene rings is 2. The van der Waals surface area contributed by atoms with Crippen molar-refractivity contribution in [1.29, 1.82) is 0 Å². The predicted molar refractivity (Wildman–Crippen MR) is 87.7 cm³/mol. The molecule has 0 spiro atoms. The molecule has 0 atom stereocenters. The van der Waals surface area contributed by atoms with Crippen LogP contribution >= 0.6 is 28.3 Å². The van der Waals surface area contributed by atoms with Crippen LogP contribution in [0.1, 0.15) is 11.1 Å². The molecule has 0 radical (unpaired) electrons. The number of hydrogen-bond acceptors (Lipinski definition) is 2. The molecule has 2 N–H and O–H groups in total. The number of hydrogen-bond donors (Lipinski definition) is 1. The van der Waals surface area contributed by atoms with E-state index < -0.39 is 0 Å². The molecule has 0 aromatic heterocycles. The van der Waals surface area contributed by atoms with Gasteiger partial charge in [-0.1, -0.05) is 22.0 Å². The average Bonchev–Trinajstić information content (AvgIpc) is 2.72. The molecule has 0 saturated heterocycles. The van der Waals surface area contributed by atoms with Crippen molar-refractivity contribution in [2.45, 2.75) is 13.3 Å². The molecule has 0 bridgehead atoms. The minimum atomic E-state index is 0. The second-order valence-corrected chi connectivity index (χ2v) is 5.65. The summed E-state index contributed by atoms with van der Waals surface area (Å²) in [6.45, 7) is 3.06. The molecule has 4 heteroatoms. The molecule has 2 nitrogen and oxygen atoms in total. The summed E-state index contributed by atoms with van der Waals surface area (Å²) >= 11 is 3.52. The van der Waals surface area contributed by atoms with Crippen LogP contribution in [0.5, 0.6) is 0 Å². The lowest BCUT2D eigenvalue weighted by atomic mass is 10.1. The summed E-state index contributed by atoms with van der Waals surface area (Å²) < 4.78 is 1.14. The smallest absolute Gasteiger partial charge is 0.0644 e. The fourth-order valence-corrected chi connectivity index (χ4v) is 2.95. The van der Waals surface area contributed by atoms with Gasteiger partial charge in [0.1, 0.15) is 0 Å². The first kappa shape index (κ1) is 14.2. The van der Waals surface area contributed by atoms with E-state index in [1.165, 1.54) is 16.8 Å². The Bertz CT molecular complexity index is 613. The van der Waals surface area contributed by atoms with Gasteiger partial charge >= 0.3 is 0 Å². The van der Waals surface area contributed by atoms with Gasteiger partial charge in [0, 0.05) is 16.7 Å². The lowest BCUT2D eigenvalue weighted by molar-refractivity contribution is 0.999. The summed E-state index contributed by atoms with van der Waals surface area (Å²) in [6, 6.07) is 12.7. The van der Waals surface area contributed by atoms with Crippen molar-refractivity contribution in [3.8, 4) is 0 Å². The monoisotopic (exact) mass is 338 g/mol. The zero-order chi connectivity index (χ0) is 12.7. The molecule has 0 fully saturated rings. The molecule has 0 aliphatic carbocycles. The summed E-state index contributed by atoms with van der Waals surface area (Å²) in [7, 11) is 0. The maximum atomic E-state index is 6.14. The highest BCUT2D eigenvalue weighted by molar-refractivity contribution is 9.10. The van der Waals surface area contributed by atoms with Gasteiger partial charge in [0.05, 0.1) is 11.4 Å². The molecule has 3 rings (SSSR count). The molecule has 1 aliphatic heterocycles. The van der Waals surface area contributed by atoms with Crippen LogP contribution in [0, 0.1) is 6.92 Å². The third-order valence-electron chi connectivity index (χ3n) is 3.41. The molecule has 0 amide bonds. The van der Waals surface area contributed by atoms with E-state index >= 15 is 0 Å². The number of rotatable bonds is 1. The molecule has 0 unspecified atom stereocenters. The van der Waals surface area contributed by atoms with Gasteiger partial charge in [0.15, 0.2) is 0 Å². The highest BCUT2D eigenvalue weighted by Gasteiger charge is 2.21.